The number of rotatable bonds is 4. The number of hydrogen-bond acceptors (Lipinski definition) is 4. The third kappa shape index (κ3) is 3.98. The molecule has 6 heteroatoms. The quantitative estimate of drug-likeness (QED) is 0.802. The molecule has 2 heterocycles. The highest BCUT2D eigenvalue weighted by atomic mass is 16.5. The van der Waals surface area contributed by atoms with E-state index in [1.165, 1.54) is 0 Å². The van der Waals surface area contributed by atoms with Crippen LogP contribution in [0.25, 0.3) is 0 Å². The first-order valence-corrected chi connectivity index (χ1v) is 10.1. The third-order valence-corrected chi connectivity index (χ3v) is 5.91. The second kappa shape index (κ2) is 8.25. The Morgan fingerprint density at radius 3 is 2.55 bits per heavy atom. The molecule has 2 aromatic rings. The molecule has 6 nitrogen and oxygen atoms in total. The van der Waals surface area contributed by atoms with Crippen molar-refractivity contribution >= 4 is 17.5 Å². The smallest absolute Gasteiger partial charge is 0.253 e. The molecular formula is C23H27N3O3. The van der Waals surface area contributed by atoms with Crippen LogP contribution in [-0.4, -0.2) is 62.0 Å². The van der Waals surface area contributed by atoms with Crippen molar-refractivity contribution in [2.45, 2.75) is 18.9 Å². The summed E-state index contributed by atoms with van der Waals surface area (Å²) in [6, 6.07) is 15.6. The zero-order chi connectivity index (χ0) is 20.4. The van der Waals surface area contributed by atoms with Crippen LogP contribution in [0.1, 0.15) is 34.8 Å². The number of amides is 2. The minimum atomic E-state index is 0.0327. The van der Waals surface area contributed by atoms with Gasteiger partial charge >= 0.3 is 0 Å². The Hall–Kier alpha value is -2.86. The van der Waals surface area contributed by atoms with Crippen molar-refractivity contribution in [3.63, 3.8) is 0 Å². The molecule has 0 aromatic heterocycles. The maximum Gasteiger partial charge on any atom is 0.253 e. The number of ether oxygens (including phenoxy) is 1. The summed E-state index contributed by atoms with van der Waals surface area (Å²) in [6.45, 7) is 2.90. The fraction of sp³-hybridized carbons (Fsp3) is 0.391. The molecule has 2 aliphatic rings. The molecule has 0 radical (unpaired) electrons. The molecule has 152 valence electrons. The highest BCUT2D eigenvalue weighted by molar-refractivity contribution is 5.97. The first-order valence-electron chi connectivity index (χ1n) is 10.1. The number of piperazine rings is 1. The van der Waals surface area contributed by atoms with Gasteiger partial charge in [0.05, 0.1) is 13.2 Å². The lowest BCUT2D eigenvalue weighted by Gasteiger charge is -2.39. The maximum absolute atomic E-state index is 13.1. The van der Waals surface area contributed by atoms with E-state index in [1.54, 1.807) is 12.0 Å². The molecule has 2 aromatic carbocycles. The zero-order valence-corrected chi connectivity index (χ0v) is 17.0. The molecule has 2 amide bonds. The molecule has 1 atom stereocenters. The van der Waals surface area contributed by atoms with Crippen LogP contribution in [0.3, 0.4) is 0 Å². The summed E-state index contributed by atoms with van der Waals surface area (Å²) in [5.74, 6) is 1.01. The molecule has 1 unspecified atom stereocenters. The van der Waals surface area contributed by atoms with E-state index in [9.17, 15) is 9.59 Å². The number of likely N-dealkylation sites (N-methyl/N-ethyl adjacent to an activating group) is 1. The first kappa shape index (κ1) is 19.5. The van der Waals surface area contributed by atoms with Crippen LogP contribution in [-0.2, 0) is 4.79 Å². The van der Waals surface area contributed by atoms with Crippen LogP contribution in [0, 0.1) is 0 Å². The molecule has 29 heavy (non-hydrogen) atoms. The summed E-state index contributed by atoms with van der Waals surface area (Å²) in [5.41, 5.74) is 2.68. The predicted octanol–water partition coefficient (Wildman–Crippen LogP) is 2.95. The summed E-state index contributed by atoms with van der Waals surface area (Å²) in [7, 11) is 3.76. The number of nitrogens with zero attached hydrogens (tertiary/aromatic N) is 3. The number of hydrogen-bond donors (Lipinski definition) is 0. The van der Waals surface area contributed by atoms with Crippen LogP contribution < -0.4 is 9.64 Å². The Morgan fingerprint density at radius 1 is 1.07 bits per heavy atom. The van der Waals surface area contributed by atoms with Crippen LogP contribution in [0.4, 0.5) is 5.69 Å². The monoisotopic (exact) mass is 393 g/mol. The van der Waals surface area contributed by atoms with Gasteiger partial charge in [-0.15, -0.1) is 0 Å². The Balaban J connectivity index is 1.49. The molecule has 0 N–H and O–H groups in total. The van der Waals surface area contributed by atoms with Crippen molar-refractivity contribution < 1.29 is 14.3 Å². The molecule has 0 aliphatic carbocycles. The summed E-state index contributed by atoms with van der Waals surface area (Å²) in [4.78, 5) is 31.0. The van der Waals surface area contributed by atoms with Gasteiger partial charge in [0, 0.05) is 43.9 Å². The SMILES string of the molecule is COc1cccc(C2CN(C(=O)c3ccc(N4CCCC4=O)cc3)CCN2C)c1. The fourth-order valence-corrected chi connectivity index (χ4v) is 4.15. The van der Waals surface area contributed by atoms with Crippen molar-refractivity contribution in [1.29, 1.82) is 0 Å². The van der Waals surface area contributed by atoms with Gasteiger partial charge in [0.2, 0.25) is 5.91 Å². The molecule has 2 saturated heterocycles. The highest BCUT2D eigenvalue weighted by Gasteiger charge is 2.29. The van der Waals surface area contributed by atoms with Gasteiger partial charge in [0.25, 0.3) is 5.91 Å². The maximum atomic E-state index is 13.1. The number of carbonyl (C=O) groups is 2. The van der Waals surface area contributed by atoms with Crippen LogP contribution in [0.2, 0.25) is 0 Å². The van der Waals surface area contributed by atoms with Gasteiger partial charge < -0.3 is 14.5 Å². The fourth-order valence-electron chi connectivity index (χ4n) is 4.15. The average Bonchev–Trinajstić information content (AvgIpc) is 3.19. The van der Waals surface area contributed by atoms with Gasteiger partial charge in [-0.2, -0.15) is 0 Å². The van der Waals surface area contributed by atoms with E-state index in [0.29, 0.717) is 25.1 Å². The van der Waals surface area contributed by atoms with E-state index in [2.05, 4.69) is 18.0 Å². The average molecular weight is 393 g/mol. The van der Waals surface area contributed by atoms with Gasteiger partial charge in [-0.05, 0) is 55.4 Å². The molecule has 4 rings (SSSR count). The lowest BCUT2D eigenvalue weighted by Crippen LogP contribution is -2.49. The van der Waals surface area contributed by atoms with E-state index >= 15 is 0 Å². The summed E-state index contributed by atoms with van der Waals surface area (Å²) in [6.07, 6.45) is 1.50. The van der Waals surface area contributed by atoms with E-state index in [-0.39, 0.29) is 17.9 Å². The van der Waals surface area contributed by atoms with Crippen molar-refractivity contribution in [1.82, 2.24) is 9.80 Å². The number of benzene rings is 2. The molecule has 0 spiro atoms. The minimum Gasteiger partial charge on any atom is -0.497 e. The molecule has 2 aliphatic heterocycles. The largest absolute Gasteiger partial charge is 0.497 e. The first-order chi connectivity index (χ1) is 14.1. The van der Waals surface area contributed by atoms with Crippen molar-refractivity contribution in [2.75, 3.05) is 45.2 Å². The van der Waals surface area contributed by atoms with Crippen LogP contribution in [0.5, 0.6) is 5.75 Å². The van der Waals surface area contributed by atoms with Crippen LogP contribution in [0.15, 0.2) is 48.5 Å². The van der Waals surface area contributed by atoms with E-state index < -0.39 is 0 Å². The molecule has 0 bridgehead atoms. The topological polar surface area (TPSA) is 53.1 Å². The Kier molecular flexibility index (Phi) is 5.53. The van der Waals surface area contributed by atoms with Crippen molar-refractivity contribution in [3.8, 4) is 5.75 Å². The minimum absolute atomic E-state index is 0.0327. The van der Waals surface area contributed by atoms with Crippen molar-refractivity contribution in [3.05, 3.63) is 59.7 Å². The van der Waals surface area contributed by atoms with Crippen LogP contribution >= 0.6 is 0 Å². The summed E-state index contributed by atoms with van der Waals surface area (Å²) in [5, 5.41) is 0. The standard InChI is InChI=1S/C23H27N3O3/c1-24-13-14-25(16-21(24)18-5-3-6-20(15-18)29-2)23(28)17-8-10-19(11-9-17)26-12-4-7-22(26)27/h3,5-6,8-11,15,21H,4,7,12-14,16H2,1-2H3. The number of anilines is 1. The number of methoxy groups -OCH3 is 1. The van der Waals surface area contributed by atoms with Gasteiger partial charge in [0.1, 0.15) is 5.75 Å². The van der Waals surface area contributed by atoms with Crippen molar-refractivity contribution in [2.24, 2.45) is 0 Å². The molecule has 2 fully saturated rings. The zero-order valence-electron chi connectivity index (χ0n) is 17.0. The van der Waals surface area contributed by atoms with Gasteiger partial charge in [-0.25, -0.2) is 0 Å². The lowest BCUT2D eigenvalue weighted by atomic mass is 10.0. The third-order valence-electron chi connectivity index (χ3n) is 5.91. The number of carbonyl (C=O) groups excluding carboxylic acids is 2. The summed E-state index contributed by atoms with van der Waals surface area (Å²) < 4.78 is 5.36. The van der Waals surface area contributed by atoms with E-state index in [0.717, 1.165) is 36.5 Å². The van der Waals surface area contributed by atoms with Gasteiger partial charge in [-0.1, -0.05) is 12.1 Å². The second-order valence-electron chi connectivity index (χ2n) is 7.72. The van der Waals surface area contributed by atoms with Gasteiger partial charge in [0.15, 0.2) is 0 Å². The Bertz CT molecular complexity index is 896. The second-order valence-corrected chi connectivity index (χ2v) is 7.72. The predicted molar refractivity (Wildman–Crippen MR) is 112 cm³/mol. The van der Waals surface area contributed by atoms with E-state index in [4.69, 9.17) is 4.74 Å². The Morgan fingerprint density at radius 2 is 1.86 bits per heavy atom. The molecule has 0 saturated carbocycles. The van der Waals surface area contributed by atoms with E-state index in [1.807, 2.05) is 47.4 Å². The lowest BCUT2D eigenvalue weighted by molar-refractivity contribution is -0.117. The summed E-state index contributed by atoms with van der Waals surface area (Å²) >= 11 is 0. The highest BCUT2D eigenvalue weighted by Crippen LogP contribution is 2.28. The Labute approximate surface area is 171 Å². The molecular weight excluding hydrogens is 366 g/mol. The van der Waals surface area contributed by atoms with Gasteiger partial charge in [-0.3, -0.25) is 14.5 Å². The normalized spacial score (nSPS) is 20.2.